The van der Waals surface area contributed by atoms with E-state index in [1.807, 2.05) is 0 Å². The van der Waals surface area contributed by atoms with Gasteiger partial charge in [-0.1, -0.05) is 19.7 Å². The molecule has 0 aromatic rings. The third-order valence-electron chi connectivity index (χ3n) is 2.37. The van der Waals surface area contributed by atoms with Crippen molar-refractivity contribution in [1.29, 1.82) is 0 Å². The van der Waals surface area contributed by atoms with Crippen LogP contribution in [0.5, 0.6) is 0 Å². The van der Waals surface area contributed by atoms with Crippen LogP contribution in [0.25, 0.3) is 0 Å². The van der Waals surface area contributed by atoms with Gasteiger partial charge in [0.25, 0.3) is 7.82 Å². The second-order valence-corrected chi connectivity index (χ2v) is 4.98. The maximum atomic E-state index is 10.5. The minimum atomic E-state index is -4.65. The van der Waals surface area contributed by atoms with Crippen molar-refractivity contribution >= 4 is 7.82 Å². The highest BCUT2D eigenvalue weighted by Gasteiger charge is 2.23. The Labute approximate surface area is 103 Å². The highest BCUT2D eigenvalue weighted by atomic mass is 31.2. The van der Waals surface area contributed by atoms with Gasteiger partial charge < -0.3 is 18.8 Å². The van der Waals surface area contributed by atoms with E-state index in [-0.39, 0.29) is 6.61 Å². The lowest BCUT2D eigenvalue weighted by Crippen LogP contribution is -2.50. The van der Waals surface area contributed by atoms with Gasteiger partial charge in [0.1, 0.15) is 13.2 Å². The second-order valence-electron chi connectivity index (χ2n) is 3.78. The standard InChI is InChI=1S/C11H20NO4P/c1-4-7-12(8-5-2,9-6-3)10-11-16-17(13,14)15/h4-6H,1-3,7-11H2,(H-,13,14,15). The Bertz CT molecular complexity index is 284. The van der Waals surface area contributed by atoms with Gasteiger partial charge in [0.05, 0.1) is 19.6 Å². The fraction of sp³-hybridized carbons (Fsp3) is 0.455. The van der Waals surface area contributed by atoms with Crippen LogP contribution in [-0.2, 0) is 9.09 Å². The Hall–Kier alpha value is -0.710. The Morgan fingerprint density at radius 1 is 1.18 bits per heavy atom. The third-order valence-corrected chi connectivity index (χ3v) is 2.88. The van der Waals surface area contributed by atoms with Crippen molar-refractivity contribution in [3.63, 3.8) is 0 Å². The molecule has 0 aliphatic rings. The molecule has 0 aliphatic heterocycles. The first-order valence-corrected chi connectivity index (χ1v) is 6.75. The zero-order chi connectivity index (χ0) is 13.4. The van der Waals surface area contributed by atoms with Crippen LogP contribution in [0.3, 0.4) is 0 Å². The molecule has 0 aliphatic carbocycles. The van der Waals surface area contributed by atoms with Crippen molar-refractivity contribution in [1.82, 2.24) is 0 Å². The molecule has 98 valence electrons. The maximum Gasteiger partial charge on any atom is 0.265 e. The Balaban J connectivity index is 4.53. The second kappa shape index (κ2) is 7.58. The zero-order valence-electron chi connectivity index (χ0n) is 9.96. The van der Waals surface area contributed by atoms with Gasteiger partial charge in [0, 0.05) is 0 Å². The predicted octanol–water partition coefficient (Wildman–Crippen LogP) is 0.838. The number of phosphoric ester groups is 1. The average Bonchev–Trinajstić information content (AvgIpc) is 2.16. The summed E-state index contributed by atoms with van der Waals surface area (Å²) in [7, 11) is -4.65. The Morgan fingerprint density at radius 3 is 1.88 bits per heavy atom. The van der Waals surface area contributed by atoms with Crippen molar-refractivity contribution < 1.29 is 23.4 Å². The Morgan fingerprint density at radius 2 is 1.59 bits per heavy atom. The zero-order valence-corrected chi connectivity index (χ0v) is 10.8. The van der Waals surface area contributed by atoms with Crippen LogP contribution < -0.4 is 4.89 Å². The van der Waals surface area contributed by atoms with Crippen molar-refractivity contribution in [2.24, 2.45) is 0 Å². The SMILES string of the molecule is C=CC[N+](CC=C)(CC=C)CCOP(=O)([O-])O. The molecule has 1 atom stereocenters. The smallest absolute Gasteiger partial charge is 0.265 e. The number of nitrogens with zero attached hydrogens (tertiary/aromatic N) is 1. The quantitative estimate of drug-likeness (QED) is 0.359. The van der Waals surface area contributed by atoms with Crippen LogP contribution in [0, 0.1) is 0 Å². The van der Waals surface area contributed by atoms with Crippen molar-refractivity contribution in [2.45, 2.75) is 0 Å². The molecular weight excluding hydrogens is 241 g/mol. The van der Waals surface area contributed by atoms with Crippen LogP contribution in [0.1, 0.15) is 0 Å². The molecule has 0 aromatic heterocycles. The van der Waals surface area contributed by atoms with E-state index >= 15 is 0 Å². The summed E-state index contributed by atoms with van der Waals surface area (Å²) in [6, 6.07) is 0. The summed E-state index contributed by atoms with van der Waals surface area (Å²) in [5.41, 5.74) is 0. The van der Waals surface area contributed by atoms with E-state index in [1.54, 1.807) is 18.2 Å². The summed E-state index contributed by atoms with van der Waals surface area (Å²) in [6.07, 6.45) is 5.26. The van der Waals surface area contributed by atoms with E-state index in [4.69, 9.17) is 4.89 Å². The first-order chi connectivity index (χ1) is 7.89. The normalized spacial score (nSPS) is 14.9. The first kappa shape index (κ1) is 16.3. The summed E-state index contributed by atoms with van der Waals surface area (Å²) >= 11 is 0. The van der Waals surface area contributed by atoms with E-state index in [2.05, 4.69) is 24.3 Å². The summed E-state index contributed by atoms with van der Waals surface area (Å²) in [5, 5.41) is 0. The molecule has 0 saturated carbocycles. The van der Waals surface area contributed by atoms with Gasteiger partial charge in [-0.2, -0.15) is 0 Å². The van der Waals surface area contributed by atoms with Crippen LogP contribution in [-0.4, -0.2) is 42.2 Å². The molecule has 0 fully saturated rings. The van der Waals surface area contributed by atoms with E-state index in [0.717, 1.165) is 0 Å². The number of hydrogen-bond donors (Lipinski definition) is 1. The summed E-state index contributed by atoms with van der Waals surface area (Å²) in [6.45, 7) is 13.3. The third kappa shape index (κ3) is 7.26. The molecule has 1 unspecified atom stereocenters. The lowest BCUT2D eigenvalue weighted by Gasteiger charge is -2.36. The first-order valence-electron chi connectivity index (χ1n) is 5.25. The van der Waals surface area contributed by atoms with Crippen molar-refractivity contribution in [2.75, 3.05) is 32.8 Å². The minimum Gasteiger partial charge on any atom is -0.756 e. The molecule has 5 nitrogen and oxygen atoms in total. The van der Waals surface area contributed by atoms with E-state index in [0.29, 0.717) is 30.7 Å². The topological polar surface area (TPSA) is 69.6 Å². The lowest BCUT2D eigenvalue weighted by molar-refractivity contribution is -0.911. The van der Waals surface area contributed by atoms with Crippen LogP contribution in [0.4, 0.5) is 0 Å². The highest BCUT2D eigenvalue weighted by Crippen LogP contribution is 2.30. The minimum absolute atomic E-state index is 0.0766. The summed E-state index contributed by atoms with van der Waals surface area (Å²) in [5.74, 6) is 0. The number of hydrogen-bond acceptors (Lipinski definition) is 3. The van der Waals surface area contributed by atoms with Gasteiger partial charge in [-0.15, -0.1) is 0 Å². The molecule has 0 radical (unpaired) electrons. The molecule has 0 heterocycles. The van der Waals surface area contributed by atoms with Gasteiger partial charge in [-0.3, -0.25) is 4.57 Å². The molecule has 6 heteroatoms. The average molecular weight is 261 g/mol. The number of rotatable bonds is 10. The fourth-order valence-electron chi connectivity index (χ4n) is 1.67. The van der Waals surface area contributed by atoms with Crippen molar-refractivity contribution in [3.05, 3.63) is 38.0 Å². The lowest BCUT2D eigenvalue weighted by atomic mass is 10.3. The van der Waals surface area contributed by atoms with Gasteiger partial charge in [0.2, 0.25) is 0 Å². The Kier molecular flexibility index (Phi) is 7.27. The van der Waals surface area contributed by atoms with Crippen LogP contribution in [0.15, 0.2) is 38.0 Å². The number of quaternary nitrogens is 1. The molecule has 17 heavy (non-hydrogen) atoms. The summed E-state index contributed by atoms with van der Waals surface area (Å²) < 4.78 is 15.4. The molecule has 0 saturated heterocycles. The predicted molar refractivity (Wildman–Crippen MR) is 66.1 cm³/mol. The van der Waals surface area contributed by atoms with E-state index in [9.17, 15) is 9.46 Å². The van der Waals surface area contributed by atoms with E-state index in [1.165, 1.54) is 0 Å². The molecule has 0 aromatic carbocycles. The maximum absolute atomic E-state index is 10.5. The highest BCUT2D eigenvalue weighted by molar-refractivity contribution is 7.44. The molecular formula is C11H20NO4P. The molecule has 0 bridgehead atoms. The summed E-state index contributed by atoms with van der Waals surface area (Å²) in [4.78, 5) is 19.0. The van der Waals surface area contributed by atoms with Gasteiger partial charge in [-0.05, 0) is 18.2 Å². The van der Waals surface area contributed by atoms with Crippen LogP contribution >= 0.6 is 7.82 Å². The molecule has 0 amide bonds. The van der Waals surface area contributed by atoms with Crippen molar-refractivity contribution in [3.8, 4) is 0 Å². The van der Waals surface area contributed by atoms with Crippen LogP contribution in [0.2, 0.25) is 0 Å². The van der Waals surface area contributed by atoms with Gasteiger partial charge in [-0.25, -0.2) is 0 Å². The fourth-order valence-corrected chi connectivity index (χ4v) is 1.98. The molecule has 0 spiro atoms. The van der Waals surface area contributed by atoms with E-state index < -0.39 is 7.82 Å². The van der Waals surface area contributed by atoms with Gasteiger partial charge >= 0.3 is 0 Å². The largest absolute Gasteiger partial charge is 0.756 e. The number of phosphoric acid groups is 1. The molecule has 0 rings (SSSR count). The van der Waals surface area contributed by atoms with Gasteiger partial charge in [0.15, 0.2) is 0 Å². The molecule has 1 N–H and O–H groups in total. The monoisotopic (exact) mass is 261 g/mol.